The second-order valence-electron chi connectivity index (χ2n) is 6.53. The molecule has 2 aliphatic rings. The van der Waals surface area contributed by atoms with Crippen LogP contribution in [0.4, 0.5) is 0 Å². The summed E-state index contributed by atoms with van der Waals surface area (Å²) in [4.78, 5) is 14.6. The van der Waals surface area contributed by atoms with Crippen molar-refractivity contribution in [2.24, 2.45) is 11.7 Å². The van der Waals surface area contributed by atoms with Crippen molar-refractivity contribution in [2.75, 3.05) is 6.54 Å². The fourth-order valence-electron chi connectivity index (χ4n) is 3.73. The lowest BCUT2D eigenvalue weighted by Crippen LogP contribution is -2.38. The zero-order valence-corrected chi connectivity index (χ0v) is 12.8. The largest absolute Gasteiger partial charge is 0.359 e. The van der Waals surface area contributed by atoms with Crippen LogP contribution in [0.2, 0.25) is 0 Å². The van der Waals surface area contributed by atoms with Gasteiger partial charge in [0.1, 0.15) is 0 Å². The molecule has 1 amide bonds. The van der Waals surface area contributed by atoms with Crippen LogP contribution in [0, 0.1) is 12.8 Å². The molecule has 0 bridgehead atoms. The highest BCUT2D eigenvalue weighted by Crippen LogP contribution is 2.34. The Morgan fingerprint density at radius 3 is 2.90 bits per heavy atom. The van der Waals surface area contributed by atoms with Crippen molar-refractivity contribution in [2.45, 2.75) is 64.0 Å². The van der Waals surface area contributed by atoms with Gasteiger partial charge in [-0.15, -0.1) is 0 Å². The number of hydrogen-bond donors (Lipinski definition) is 1. The maximum atomic E-state index is 12.7. The molecule has 1 saturated carbocycles. The molecule has 1 aliphatic heterocycles. The molecule has 2 fully saturated rings. The van der Waals surface area contributed by atoms with Gasteiger partial charge < -0.3 is 15.2 Å². The number of nitrogens with two attached hydrogens (primary N) is 1. The molecule has 0 radical (unpaired) electrons. The van der Waals surface area contributed by atoms with E-state index in [1.807, 2.05) is 17.9 Å². The Morgan fingerprint density at radius 1 is 1.38 bits per heavy atom. The number of aromatic nitrogens is 1. The van der Waals surface area contributed by atoms with E-state index in [0.717, 1.165) is 43.7 Å². The van der Waals surface area contributed by atoms with E-state index in [9.17, 15) is 4.79 Å². The van der Waals surface area contributed by atoms with Crippen LogP contribution in [0.3, 0.4) is 0 Å². The molecule has 1 aromatic rings. The van der Waals surface area contributed by atoms with Gasteiger partial charge in [0.25, 0.3) is 0 Å². The van der Waals surface area contributed by atoms with Gasteiger partial charge in [-0.2, -0.15) is 0 Å². The Kier molecular flexibility index (Phi) is 4.29. The van der Waals surface area contributed by atoms with E-state index in [1.165, 1.54) is 12.8 Å². The van der Waals surface area contributed by atoms with Crippen molar-refractivity contribution in [1.82, 2.24) is 10.1 Å². The first-order valence-corrected chi connectivity index (χ1v) is 8.13. The first kappa shape index (κ1) is 14.6. The van der Waals surface area contributed by atoms with Gasteiger partial charge in [-0.3, -0.25) is 4.79 Å². The minimum atomic E-state index is 0.0681. The molecule has 3 unspecified atom stereocenters. The normalized spacial score (nSPS) is 29.8. The van der Waals surface area contributed by atoms with E-state index in [-0.39, 0.29) is 18.0 Å². The SMILES string of the molecule is Cc1cc(C2CCCN2C(=O)CC2CCCCC2N)on1. The van der Waals surface area contributed by atoms with Gasteiger partial charge in [-0.05, 0) is 38.5 Å². The van der Waals surface area contributed by atoms with Crippen LogP contribution in [0.5, 0.6) is 0 Å². The molecule has 116 valence electrons. The summed E-state index contributed by atoms with van der Waals surface area (Å²) in [6.07, 6.45) is 7.15. The molecule has 3 rings (SSSR count). The molecule has 5 nitrogen and oxygen atoms in total. The van der Waals surface area contributed by atoms with Crippen LogP contribution in [0.25, 0.3) is 0 Å². The van der Waals surface area contributed by atoms with Gasteiger partial charge in [-0.25, -0.2) is 0 Å². The van der Waals surface area contributed by atoms with Crippen molar-refractivity contribution in [1.29, 1.82) is 0 Å². The third-order valence-corrected chi connectivity index (χ3v) is 4.95. The highest BCUT2D eigenvalue weighted by molar-refractivity contribution is 5.77. The lowest BCUT2D eigenvalue weighted by molar-refractivity contribution is -0.133. The summed E-state index contributed by atoms with van der Waals surface area (Å²) in [5, 5.41) is 3.95. The lowest BCUT2D eigenvalue weighted by Gasteiger charge is -2.30. The van der Waals surface area contributed by atoms with Gasteiger partial charge in [0, 0.05) is 25.1 Å². The maximum Gasteiger partial charge on any atom is 0.223 e. The highest BCUT2D eigenvalue weighted by atomic mass is 16.5. The zero-order chi connectivity index (χ0) is 14.8. The topological polar surface area (TPSA) is 72.4 Å². The average molecular weight is 291 g/mol. The predicted molar refractivity (Wildman–Crippen MR) is 79.5 cm³/mol. The summed E-state index contributed by atoms with van der Waals surface area (Å²) >= 11 is 0. The number of likely N-dealkylation sites (tertiary alicyclic amines) is 1. The van der Waals surface area contributed by atoms with Crippen LogP contribution in [-0.2, 0) is 4.79 Å². The first-order valence-electron chi connectivity index (χ1n) is 8.13. The molecular weight excluding hydrogens is 266 g/mol. The van der Waals surface area contributed by atoms with Gasteiger partial charge >= 0.3 is 0 Å². The van der Waals surface area contributed by atoms with Crippen LogP contribution < -0.4 is 5.73 Å². The van der Waals surface area contributed by atoms with E-state index in [1.54, 1.807) is 0 Å². The van der Waals surface area contributed by atoms with Gasteiger partial charge in [0.15, 0.2) is 5.76 Å². The molecule has 21 heavy (non-hydrogen) atoms. The monoisotopic (exact) mass is 291 g/mol. The Morgan fingerprint density at radius 2 is 2.19 bits per heavy atom. The molecule has 3 atom stereocenters. The van der Waals surface area contributed by atoms with E-state index < -0.39 is 0 Å². The molecular formula is C16H25N3O2. The van der Waals surface area contributed by atoms with Crippen LogP contribution in [0.1, 0.15) is 62.4 Å². The zero-order valence-electron chi connectivity index (χ0n) is 12.8. The summed E-state index contributed by atoms with van der Waals surface area (Å²) in [5.41, 5.74) is 7.05. The van der Waals surface area contributed by atoms with E-state index in [2.05, 4.69) is 5.16 Å². The van der Waals surface area contributed by atoms with Crippen molar-refractivity contribution in [3.05, 3.63) is 17.5 Å². The Labute approximate surface area is 125 Å². The summed E-state index contributed by atoms with van der Waals surface area (Å²) in [5.74, 6) is 1.41. The molecule has 2 heterocycles. The molecule has 0 spiro atoms. The molecule has 2 N–H and O–H groups in total. The lowest BCUT2D eigenvalue weighted by atomic mass is 9.82. The van der Waals surface area contributed by atoms with E-state index in [0.29, 0.717) is 12.3 Å². The molecule has 0 aromatic carbocycles. The number of aryl methyl sites for hydroxylation is 1. The standard InChI is InChI=1S/C16H25N3O2/c1-11-9-15(21-18-11)14-7-4-8-19(14)16(20)10-12-5-2-3-6-13(12)17/h9,12-14H,2-8,10,17H2,1H3. The highest BCUT2D eigenvalue weighted by Gasteiger charge is 2.34. The van der Waals surface area contributed by atoms with Gasteiger partial charge in [0.05, 0.1) is 11.7 Å². The third-order valence-electron chi connectivity index (χ3n) is 4.95. The quantitative estimate of drug-likeness (QED) is 0.929. The summed E-state index contributed by atoms with van der Waals surface area (Å²) in [6.45, 7) is 2.74. The van der Waals surface area contributed by atoms with Gasteiger partial charge in [-0.1, -0.05) is 18.0 Å². The Balaban J connectivity index is 1.65. The first-order chi connectivity index (χ1) is 10.1. The molecule has 1 aliphatic carbocycles. The van der Waals surface area contributed by atoms with Crippen molar-refractivity contribution in [3.63, 3.8) is 0 Å². The number of carbonyl (C=O) groups is 1. The molecule has 1 saturated heterocycles. The number of carbonyl (C=O) groups excluding carboxylic acids is 1. The van der Waals surface area contributed by atoms with Crippen LogP contribution in [-0.4, -0.2) is 28.6 Å². The number of amides is 1. The van der Waals surface area contributed by atoms with E-state index >= 15 is 0 Å². The summed E-state index contributed by atoms with van der Waals surface area (Å²) in [7, 11) is 0. The fraction of sp³-hybridized carbons (Fsp3) is 0.750. The van der Waals surface area contributed by atoms with Crippen molar-refractivity contribution >= 4 is 5.91 Å². The minimum absolute atomic E-state index is 0.0681. The van der Waals surface area contributed by atoms with Crippen molar-refractivity contribution < 1.29 is 9.32 Å². The summed E-state index contributed by atoms with van der Waals surface area (Å²) < 4.78 is 5.37. The summed E-state index contributed by atoms with van der Waals surface area (Å²) in [6, 6.07) is 2.21. The number of hydrogen-bond acceptors (Lipinski definition) is 4. The minimum Gasteiger partial charge on any atom is -0.359 e. The molecule has 1 aromatic heterocycles. The Hall–Kier alpha value is -1.36. The molecule has 5 heteroatoms. The average Bonchev–Trinajstić information content (AvgIpc) is 3.09. The smallest absolute Gasteiger partial charge is 0.223 e. The second-order valence-corrected chi connectivity index (χ2v) is 6.53. The van der Waals surface area contributed by atoms with Crippen LogP contribution in [0.15, 0.2) is 10.6 Å². The van der Waals surface area contributed by atoms with Crippen LogP contribution >= 0.6 is 0 Å². The maximum absolute atomic E-state index is 12.7. The van der Waals surface area contributed by atoms with E-state index in [4.69, 9.17) is 10.3 Å². The fourth-order valence-corrected chi connectivity index (χ4v) is 3.73. The third kappa shape index (κ3) is 3.12. The predicted octanol–water partition coefficient (Wildman–Crippen LogP) is 2.55. The van der Waals surface area contributed by atoms with Gasteiger partial charge in [0.2, 0.25) is 5.91 Å². The van der Waals surface area contributed by atoms with Crippen molar-refractivity contribution in [3.8, 4) is 0 Å². The second kappa shape index (κ2) is 6.18. The Bertz CT molecular complexity index is 499. The number of rotatable bonds is 3. The number of nitrogens with zero attached hydrogens (tertiary/aromatic N) is 2.